The van der Waals surface area contributed by atoms with Crippen LogP contribution in [-0.2, 0) is 37.5 Å². The minimum atomic E-state index is 0. The van der Waals surface area contributed by atoms with E-state index in [-0.39, 0.29) is 44.7 Å². The van der Waals surface area contributed by atoms with Crippen molar-refractivity contribution in [3.8, 4) is 0 Å². The number of amides is 1. The SMILES string of the molecule is CC[N+]1(C(C)C(=O)Nc2c(C)cccc2C)CCCCCCC1.[Y]. The van der Waals surface area contributed by atoms with Gasteiger partial charge in [-0.25, -0.2) is 0 Å². The van der Waals surface area contributed by atoms with Gasteiger partial charge in [-0.2, -0.15) is 0 Å². The fourth-order valence-electron chi connectivity index (χ4n) is 3.96. The van der Waals surface area contributed by atoms with Gasteiger partial charge in [-0.3, -0.25) is 4.79 Å². The van der Waals surface area contributed by atoms with E-state index >= 15 is 0 Å². The van der Waals surface area contributed by atoms with Crippen molar-refractivity contribution in [2.24, 2.45) is 0 Å². The molecule has 0 aromatic heterocycles. The van der Waals surface area contributed by atoms with Gasteiger partial charge < -0.3 is 9.80 Å². The number of nitrogens with one attached hydrogen (secondary N) is 1. The Morgan fingerprint density at radius 3 is 2.08 bits per heavy atom. The summed E-state index contributed by atoms with van der Waals surface area (Å²) in [5.41, 5.74) is 3.27. The number of anilines is 1. The number of hydrogen-bond donors (Lipinski definition) is 1. The standard InChI is InChI=1S/C20H32N2O.Y/c1-5-22(14-9-7-6-8-10-15-22)18(4)20(23)21-19-16(2)12-11-13-17(19)3;/h11-13,18H,5-10,14-15H2,1-4H3;/p+1. The molecule has 1 fully saturated rings. The first kappa shape index (κ1) is 21.8. The molecular formula is C20H33N2OY+. The Morgan fingerprint density at radius 1 is 1.08 bits per heavy atom. The Hall–Kier alpha value is -0.246. The minimum Gasteiger partial charge on any atom is -0.320 e. The number of para-hydroxylation sites is 1. The summed E-state index contributed by atoms with van der Waals surface area (Å²) in [7, 11) is 0. The van der Waals surface area contributed by atoms with Crippen molar-refractivity contribution in [1.82, 2.24) is 0 Å². The first-order valence-electron chi connectivity index (χ1n) is 9.23. The van der Waals surface area contributed by atoms with Crippen LogP contribution in [-0.4, -0.2) is 36.1 Å². The number of rotatable bonds is 4. The average molecular weight is 406 g/mol. The van der Waals surface area contributed by atoms with Crippen LogP contribution in [0, 0.1) is 13.8 Å². The van der Waals surface area contributed by atoms with Gasteiger partial charge in [0.1, 0.15) is 0 Å². The van der Waals surface area contributed by atoms with Crippen LogP contribution in [0.2, 0.25) is 0 Å². The number of likely N-dealkylation sites (N-methyl/N-ethyl adjacent to an activating group) is 1. The molecule has 1 radical (unpaired) electrons. The van der Waals surface area contributed by atoms with Gasteiger partial charge in [-0.1, -0.05) is 24.6 Å². The zero-order valence-corrected chi connectivity index (χ0v) is 18.7. The topological polar surface area (TPSA) is 29.1 Å². The molecule has 0 bridgehead atoms. The molecule has 1 amide bonds. The Labute approximate surface area is 173 Å². The Morgan fingerprint density at radius 2 is 1.58 bits per heavy atom. The summed E-state index contributed by atoms with van der Waals surface area (Å²) < 4.78 is 0.941. The van der Waals surface area contributed by atoms with E-state index in [0.29, 0.717) is 0 Å². The average Bonchev–Trinajstić information content (AvgIpc) is 2.51. The van der Waals surface area contributed by atoms with Gasteiger partial charge >= 0.3 is 0 Å². The number of hydrogen-bond acceptors (Lipinski definition) is 1. The molecule has 1 atom stereocenters. The summed E-state index contributed by atoms with van der Waals surface area (Å²) in [5, 5.41) is 3.22. The number of nitrogens with zero attached hydrogens (tertiary/aromatic N) is 1. The van der Waals surface area contributed by atoms with Crippen LogP contribution >= 0.6 is 0 Å². The van der Waals surface area contributed by atoms with E-state index in [2.05, 4.69) is 45.1 Å². The molecule has 2 rings (SSSR count). The molecule has 0 saturated carbocycles. The number of aryl methyl sites for hydroxylation is 2. The summed E-state index contributed by atoms with van der Waals surface area (Å²) >= 11 is 0. The molecule has 1 saturated heterocycles. The second kappa shape index (κ2) is 10.0. The fourth-order valence-corrected chi connectivity index (χ4v) is 3.96. The van der Waals surface area contributed by atoms with E-state index < -0.39 is 0 Å². The molecule has 1 heterocycles. The van der Waals surface area contributed by atoms with Crippen molar-refractivity contribution in [1.29, 1.82) is 0 Å². The van der Waals surface area contributed by atoms with Crippen LogP contribution in [0.15, 0.2) is 18.2 Å². The third-order valence-electron chi connectivity index (χ3n) is 5.77. The van der Waals surface area contributed by atoms with Crippen LogP contribution < -0.4 is 5.32 Å². The van der Waals surface area contributed by atoms with Crippen molar-refractivity contribution in [3.05, 3.63) is 29.3 Å². The van der Waals surface area contributed by atoms with Crippen LogP contribution in [0.4, 0.5) is 5.69 Å². The minimum absolute atomic E-state index is 0. The zero-order valence-electron chi connectivity index (χ0n) is 15.9. The summed E-state index contributed by atoms with van der Waals surface area (Å²) in [4.78, 5) is 13.0. The number of likely N-dealkylation sites (tertiary alicyclic amines) is 1. The van der Waals surface area contributed by atoms with Crippen molar-refractivity contribution in [2.75, 3.05) is 25.0 Å². The summed E-state index contributed by atoms with van der Waals surface area (Å²) in [6, 6.07) is 6.18. The van der Waals surface area contributed by atoms with Gasteiger partial charge in [0.15, 0.2) is 6.04 Å². The maximum Gasteiger partial charge on any atom is 0.282 e. The second-order valence-electron chi connectivity index (χ2n) is 7.18. The van der Waals surface area contributed by atoms with E-state index in [1.807, 2.05) is 6.07 Å². The van der Waals surface area contributed by atoms with Gasteiger partial charge in [0.05, 0.1) is 19.6 Å². The smallest absolute Gasteiger partial charge is 0.282 e. The first-order chi connectivity index (χ1) is 11.0. The monoisotopic (exact) mass is 406 g/mol. The molecule has 0 spiro atoms. The van der Waals surface area contributed by atoms with Gasteiger partial charge in [-0.05, 0) is 64.5 Å². The Balaban J connectivity index is 0.00000288. The molecule has 1 aliphatic rings. The maximum absolute atomic E-state index is 13.0. The number of carbonyl (C=O) groups excluding carboxylic acids is 1. The third kappa shape index (κ3) is 5.13. The number of carbonyl (C=O) groups is 1. The molecule has 1 N–H and O–H groups in total. The van der Waals surface area contributed by atoms with Gasteiger partial charge in [0.2, 0.25) is 0 Å². The molecule has 1 aromatic carbocycles. The molecule has 1 aliphatic heterocycles. The van der Waals surface area contributed by atoms with E-state index in [1.165, 1.54) is 32.1 Å². The molecule has 1 aromatic rings. The number of benzene rings is 1. The van der Waals surface area contributed by atoms with Crippen molar-refractivity contribution in [2.45, 2.75) is 65.8 Å². The summed E-state index contributed by atoms with van der Waals surface area (Å²) in [5.74, 6) is 0.171. The molecular weight excluding hydrogens is 373 g/mol. The van der Waals surface area contributed by atoms with E-state index in [0.717, 1.165) is 40.9 Å². The van der Waals surface area contributed by atoms with Crippen LogP contribution in [0.1, 0.15) is 57.1 Å². The largest absolute Gasteiger partial charge is 0.320 e. The zero-order chi connectivity index (χ0) is 16.9. The molecule has 4 heteroatoms. The normalized spacial score (nSPS) is 18.7. The Bertz CT molecular complexity index is 516. The van der Waals surface area contributed by atoms with Crippen LogP contribution in [0.3, 0.4) is 0 Å². The maximum atomic E-state index is 13.0. The van der Waals surface area contributed by atoms with E-state index in [9.17, 15) is 4.79 Å². The fraction of sp³-hybridized carbons (Fsp3) is 0.650. The van der Waals surface area contributed by atoms with E-state index in [4.69, 9.17) is 0 Å². The molecule has 131 valence electrons. The van der Waals surface area contributed by atoms with Gasteiger partial charge in [-0.15, -0.1) is 0 Å². The predicted molar refractivity (Wildman–Crippen MR) is 97.6 cm³/mol. The molecule has 24 heavy (non-hydrogen) atoms. The second-order valence-corrected chi connectivity index (χ2v) is 7.18. The first-order valence-corrected chi connectivity index (χ1v) is 9.23. The molecule has 0 aliphatic carbocycles. The van der Waals surface area contributed by atoms with Crippen LogP contribution in [0.25, 0.3) is 0 Å². The van der Waals surface area contributed by atoms with Crippen molar-refractivity contribution in [3.63, 3.8) is 0 Å². The van der Waals surface area contributed by atoms with Crippen LogP contribution in [0.5, 0.6) is 0 Å². The van der Waals surface area contributed by atoms with Crippen molar-refractivity contribution >= 4 is 11.6 Å². The third-order valence-corrected chi connectivity index (χ3v) is 5.77. The summed E-state index contributed by atoms with van der Waals surface area (Å²) in [6.45, 7) is 11.8. The number of quaternary nitrogens is 1. The van der Waals surface area contributed by atoms with Gasteiger partial charge in [0.25, 0.3) is 5.91 Å². The Kier molecular flexibility index (Phi) is 9.12. The predicted octanol–water partition coefficient (Wildman–Crippen LogP) is 4.43. The van der Waals surface area contributed by atoms with E-state index in [1.54, 1.807) is 0 Å². The summed E-state index contributed by atoms with van der Waals surface area (Å²) in [6.07, 6.45) is 6.47. The molecule has 1 unspecified atom stereocenters. The quantitative estimate of drug-likeness (QED) is 0.737. The van der Waals surface area contributed by atoms with Crippen molar-refractivity contribution < 1.29 is 42.0 Å². The van der Waals surface area contributed by atoms with Gasteiger partial charge in [0, 0.05) is 38.4 Å². The molecule has 3 nitrogen and oxygen atoms in total.